The third kappa shape index (κ3) is 3.48. The van der Waals surface area contributed by atoms with E-state index in [0.29, 0.717) is 0 Å². The molecule has 4 heteroatoms. The Bertz CT molecular complexity index is 1620. The average Bonchev–Trinajstić information content (AvgIpc) is 3.23. The quantitative estimate of drug-likeness (QED) is 0.327. The summed E-state index contributed by atoms with van der Waals surface area (Å²) in [4.78, 5) is 9.31. The van der Waals surface area contributed by atoms with E-state index in [1.807, 2.05) is 18.5 Å². The summed E-state index contributed by atoms with van der Waals surface area (Å²) in [5.41, 5.74) is 8.23. The molecule has 0 amide bonds. The van der Waals surface area contributed by atoms with Gasteiger partial charge in [0.2, 0.25) is 6.71 Å². The average molecular weight is 437 g/mol. The van der Waals surface area contributed by atoms with Crippen LogP contribution in [0.3, 0.4) is 0 Å². The molecule has 6 aromatic rings. The molecule has 3 nitrogen and oxygen atoms in total. The van der Waals surface area contributed by atoms with Crippen molar-refractivity contribution < 1.29 is 0 Å². The third-order valence-corrected chi connectivity index (χ3v) is 6.65. The van der Waals surface area contributed by atoms with Gasteiger partial charge in [0.05, 0.1) is 11.0 Å². The first-order chi connectivity index (χ1) is 16.7. The Morgan fingerprint density at radius 1 is 0.676 bits per heavy atom. The van der Waals surface area contributed by atoms with Gasteiger partial charge >= 0.3 is 0 Å². The van der Waals surface area contributed by atoms with Crippen LogP contribution in [0.4, 0.5) is 0 Å². The van der Waals surface area contributed by atoms with Crippen LogP contribution in [0.25, 0.3) is 38.8 Å². The summed E-state index contributed by atoms with van der Waals surface area (Å²) in [7, 11) is 0. The normalized spacial score (nSPS) is 11.2. The number of aryl methyl sites for hydroxylation is 1. The highest BCUT2D eigenvalue weighted by Crippen LogP contribution is 2.34. The first-order valence-electron chi connectivity index (χ1n) is 11.7. The van der Waals surface area contributed by atoms with Gasteiger partial charge in [-0.2, -0.15) is 0 Å². The van der Waals surface area contributed by atoms with E-state index < -0.39 is 0 Å². The van der Waals surface area contributed by atoms with Gasteiger partial charge in [-0.3, -0.25) is 9.55 Å². The highest BCUT2D eigenvalue weighted by molar-refractivity contribution is 6.83. The Balaban J connectivity index is 1.51. The summed E-state index contributed by atoms with van der Waals surface area (Å²) < 4.78 is 2.27. The molecule has 0 unspecified atom stereocenters. The van der Waals surface area contributed by atoms with Gasteiger partial charge in [-0.05, 0) is 53.9 Å². The standard InChI is InChI=1S/C30H24BN3/c1-21-13-16-30(33-20-21)34-27-11-4-3-10-25(27)26-15-14-23(19-28(26)34)22-8-7-9-24(18-22)31(2)29-12-5-6-17-32-29/h3-20H,1-2H3. The molecule has 0 radical (unpaired) electrons. The maximum absolute atomic E-state index is 4.75. The summed E-state index contributed by atoms with van der Waals surface area (Å²) in [6.45, 7) is 4.51. The fourth-order valence-electron chi connectivity index (χ4n) is 4.78. The molecule has 0 saturated carbocycles. The largest absolute Gasteiger partial charge is 0.294 e. The molecule has 0 atom stereocenters. The van der Waals surface area contributed by atoms with Crippen molar-refractivity contribution in [3.8, 4) is 16.9 Å². The number of pyridine rings is 2. The number of aromatic nitrogens is 3. The van der Waals surface area contributed by atoms with Crippen LogP contribution >= 0.6 is 0 Å². The lowest BCUT2D eigenvalue weighted by molar-refractivity contribution is 1.07. The second-order valence-corrected chi connectivity index (χ2v) is 8.88. The molecular weight excluding hydrogens is 413 g/mol. The van der Waals surface area contributed by atoms with E-state index in [-0.39, 0.29) is 6.71 Å². The summed E-state index contributed by atoms with van der Waals surface area (Å²) >= 11 is 0. The maximum atomic E-state index is 4.75. The van der Waals surface area contributed by atoms with Crippen molar-refractivity contribution in [2.75, 3.05) is 0 Å². The van der Waals surface area contributed by atoms with Gasteiger partial charge in [0.1, 0.15) is 5.82 Å². The minimum Gasteiger partial charge on any atom is -0.294 e. The number of nitrogens with zero attached hydrogens (tertiary/aromatic N) is 3. The summed E-state index contributed by atoms with van der Waals surface area (Å²) in [5, 5.41) is 2.48. The molecule has 162 valence electrons. The smallest absolute Gasteiger partial charge is 0.230 e. The summed E-state index contributed by atoms with van der Waals surface area (Å²) in [6, 6.07) is 34.5. The number of hydrogen-bond acceptors (Lipinski definition) is 2. The summed E-state index contributed by atoms with van der Waals surface area (Å²) in [5.74, 6) is 0.937. The molecule has 3 aromatic heterocycles. The minimum absolute atomic E-state index is 0.230. The Morgan fingerprint density at radius 2 is 1.50 bits per heavy atom. The zero-order valence-electron chi connectivity index (χ0n) is 19.3. The molecule has 0 aliphatic rings. The van der Waals surface area contributed by atoms with E-state index in [2.05, 4.69) is 114 Å². The molecule has 0 bridgehead atoms. The number of benzene rings is 3. The van der Waals surface area contributed by atoms with Crippen LogP contribution in [0.2, 0.25) is 6.82 Å². The Kier molecular flexibility index (Phi) is 4.99. The van der Waals surface area contributed by atoms with Crippen LogP contribution < -0.4 is 11.1 Å². The molecule has 0 spiro atoms. The molecule has 0 N–H and O–H groups in total. The number of rotatable bonds is 4. The van der Waals surface area contributed by atoms with Crippen LogP contribution in [0.15, 0.2) is 109 Å². The predicted molar refractivity (Wildman–Crippen MR) is 144 cm³/mol. The SMILES string of the molecule is CB(c1cccc(-c2ccc3c4ccccc4n(-c4ccc(C)cn4)c3c2)c1)c1ccccn1. The maximum Gasteiger partial charge on any atom is 0.230 e. The Labute approximate surface area is 199 Å². The molecule has 0 aliphatic carbocycles. The fourth-order valence-corrected chi connectivity index (χ4v) is 4.78. The third-order valence-electron chi connectivity index (χ3n) is 6.65. The van der Waals surface area contributed by atoms with Gasteiger partial charge in [-0.1, -0.05) is 79.0 Å². The highest BCUT2D eigenvalue weighted by Gasteiger charge is 2.16. The lowest BCUT2D eigenvalue weighted by Crippen LogP contribution is -2.40. The van der Waals surface area contributed by atoms with Crippen molar-refractivity contribution in [2.24, 2.45) is 0 Å². The first-order valence-corrected chi connectivity index (χ1v) is 11.7. The molecular formula is C30H24BN3. The zero-order valence-corrected chi connectivity index (χ0v) is 19.3. The fraction of sp³-hybridized carbons (Fsp3) is 0.0667. The molecule has 34 heavy (non-hydrogen) atoms. The van der Waals surface area contributed by atoms with Gasteiger partial charge in [-0.25, -0.2) is 4.98 Å². The molecule has 0 saturated heterocycles. The first kappa shape index (κ1) is 20.4. The van der Waals surface area contributed by atoms with Crippen molar-refractivity contribution in [3.63, 3.8) is 0 Å². The highest BCUT2D eigenvalue weighted by atomic mass is 15.1. The van der Waals surface area contributed by atoms with Gasteiger partial charge in [0, 0.05) is 28.8 Å². The molecule has 3 aromatic carbocycles. The molecule has 6 rings (SSSR count). The van der Waals surface area contributed by atoms with Crippen molar-refractivity contribution in [3.05, 3.63) is 115 Å². The lowest BCUT2D eigenvalue weighted by Gasteiger charge is -2.11. The van der Waals surface area contributed by atoms with Crippen molar-refractivity contribution in [1.29, 1.82) is 0 Å². The van der Waals surface area contributed by atoms with E-state index in [9.17, 15) is 0 Å². The molecule has 3 heterocycles. The predicted octanol–water partition coefficient (Wildman–Crippen LogP) is 5.79. The number of hydrogen-bond donors (Lipinski definition) is 0. The van der Waals surface area contributed by atoms with E-state index in [4.69, 9.17) is 4.98 Å². The van der Waals surface area contributed by atoms with Crippen LogP contribution in [-0.2, 0) is 0 Å². The van der Waals surface area contributed by atoms with E-state index in [1.165, 1.54) is 38.4 Å². The van der Waals surface area contributed by atoms with E-state index in [1.54, 1.807) is 0 Å². The van der Waals surface area contributed by atoms with E-state index >= 15 is 0 Å². The van der Waals surface area contributed by atoms with Crippen molar-refractivity contribution in [2.45, 2.75) is 13.7 Å². The van der Waals surface area contributed by atoms with Gasteiger partial charge < -0.3 is 0 Å². The van der Waals surface area contributed by atoms with Gasteiger partial charge in [-0.15, -0.1) is 0 Å². The molecule has 0 fully saturated rings. The topological polar surface area (TPSA) is 30.7 Å². The van der Waals surface area contributed by atoms with Gasteiger partial charge in [0.25, 0.3) is 0 Å². The van der Waals surface area contributed by atoms with E-state index in [0.717, 1.165) is 17.0 Å². The van der Waals surface area contributed by atoms with Gasteiger partial charge in [0.15, 0.2) is 0 Å². The zero-order chi connectivity index (χ0) is 23.1. The Morgan fingerprint density at radius 3 is 2.32 bits per heavy atom. The minimum atomic E-state index is 0.230. The number of para-hydroxylation sites is 1. The second-order valence-electron chi connectivity index (χ2n) is 8.88. The molecule has 0 aliphatic heterocycles. The van der Waals surface area contributed by atoms with Crippen molar-refractivity contribution in [1.82, 2.24) is 14.5 Å². The van der Waals surface area contributed by atoms with Crippen LogP contribution in [0.5, 0.6) is 0 Å². The van der Waals surface area contributed by atoms with Crippen LogP contribution in [0.1, 0.15) is 5.56 Å². The van der Waals surface area contributed by atoms with Crippen molar-refractivity contribution >= 4 is 39.6 Å². The Hall–Kier alpha value is -4.18. The second kappa shape index (κ2) is 8.31. The summed E-state index contributed by atoms with van der Waals surface area (Å²) in [6.07, 6.45) is 3.80. The number of fused-ring (bicyclic) bond motifs is 3. The lowest BCUT2D eigenvalue weighted by atomic mass is 9.44. The van der Waals surface area contributed by atoms with Crippen LogP contribution in [0, 0.1) is 6.92 Å². The monoisotopic (exact) mass is 437 g/mol. The van der Waals surface area contributed by atoms with Crippen LogP contribution in [-0.4, -0.2) is 21.2 Å².